The van der Waals surface area contributed by atoms with Crippen LogP contribution in [0, 0.1) is 35.5 Å². The third-order valence-electron chi connectivity index (χ3n) is 4.86. The molecule has 1 saturated heterocycles. The molecule has 0 bridgehead atoms. The van der Waals surface area contributed by atoms with E-state index in [-0.39, 0.29) is 5.92 Å². The second kappa shape index (κ2) is 8.77. The van der Waals surface area contributed by atoms with Gasteiger partial charge in [0.2, 0.25) is 0 Å². The molecule has 0 aliphatic carbocycles. The molecule has 2 heterocycles. The first-order valence-corrected chi connectivity index (χ1v) is 8.66. The van der Waals surface area contributed by atoms with E-state index in [1.54, 1.807) is 0 Å². The van der Waals surface area contributed by atoms with Crippen molar-refractivity contribution < 1.29 is 0 Å². The van der Waals surface area contributed by atoms with E-state index in [9.17, 15) is 5.26 Å². The molecule has 1 aliphatic heterocycles. The van der Waals surface area contributed by atoms with Gasteiger partial charge in [-0.15, -0.1) is 10.2 Å². The molecule has 0 N–H and O–H groups in total. The lowest BCUT2D eigenvalue weighted by molar-refractivity contribution is 0.212. The second-order valence-corrected chi connectivity index (χ2v) is 6.55. The zero-order valence-electron chi connectivity index (χ0n) is 14.9. The van der Waals surface area contributed by atoms with E-state index in [0.29, 0.717) is 18.9 Å². The molecule has 2 rings (SSSR count). The molecule has 130 valence electrons. The maximum atomic E-state index is 9.23. The molecule has 0 radical (unpaired) electrons. The Hall–Kier alpha value is -1.96. The summed E-state index contributed by atoms with van der Waals surface area (Å²) in [6.07, 6.45) is 2.23. The van der Waals surface area contributed by atoms with Crippen molar-refractivity contribution in [2.24, 2.45) is 5.92 Å². The monoisotopic (exact) mass is 329 g/mol. The van der Waals surface area contributed by atoms with Gasteiger partial charge in [0.05, 0.1) is 24.6 Å². The van der Waals surface area contributed by atoms with Gasteiger partial charge in [-0.2, -0.15) is 10.5 Å². The second-order valence-electron chi connectivity index (χ2n) is 6.55. The fraction of sp³-hybridized carbons (Fsp3) is 0.765. The number of hydrogen-bond acceptors (Lipinski definition) is 6. The quantitative estimate of drug-likeness (QED) is 0.719. The summed E-state index contributed by atoms with van der Waals surface area (Å²) in [5, 5.41) is 26.4. The maximum Gasteiger partial charge on any atom is 0.147 e. The van der Waals surface area contributed by atoms with Crippen LogP contribution in [-0.4, -0.2) is 57.3 Å². The van der Waals surface area contributed by atoms with Crippen LogP contribution in [-0.2, 0) is 13.1 Å². The van der Waals surface area contributed by atoms with Gasteiger partial charge in [0.25, 0.3) is 0 Å². The topological polar surface area (TPSA) is 84.8 Å². The summed E-state index contributed by atoms with van der Waals surface area (Å²) in [5.74, 6) is 1.93. The normalized spacial score (nSPS) is 19.3. The lowest BCUT2D eigenvalue weighted by Crippen LogP contribution is -2.36. The van der Waals surface area contributed by atoms with Crippen LogP contribution in [0.15, 0.2) is 0 Å². The summed E-state index contributed by atoms with van der Waals surface area (Å²) in [5.41, 5.74) is 0. The average Bonchev–Trinajstić information content (AvgIpc) is 3.18. The smallest absolute Gasteiger partial charge is 0.147 e. The van der Waals surface area contributed by atoms with Gasteiger partial charge < -0.3 is 9.47 Å². The fourth-order valence-corrected chi connectivity index (χ4v) is 3.39. The number of likely N-dealkylation sites (N-methyl/N-ethyl adjacent to an activating group) is 1. The molecule has 7 heteroatoms. The summed E-state index contributed by atoms with van der Waals surface area (Å²) in [7, 11) is 2.13. The first-order valence-electron chi connectivity index (χ1n) is 8.66. The predicted molar refractivity (Wildman–Crippen MR) is 90.7 cm³/mol. The van der Waals surface area contributed by atoms with Crippen LogP contribution in [0.1, 0.15) is 37.8 Å². The van der Waals surface area contributed by atoms with Gasteiger partial charge in [-0.25, -0.2) is 0 Å². The molecule has 0 amide bonds. The zero-order chi connectivity index (χ0) is 17.5. The van der Waals surface area contributed by atoms with Gasteiger partial charge in [0, 0.05) is 32.1 Å². The lowest BCUT2D eigenvalue weighted by Gasteiger charge is -2.25. The fourth-order valence-electron chi connectivity index (χ4n) is 3.39. The lowest BCUT2D eigenvalue weighted by atomic mass is 10.1. The summed E-state index contributed by atoms with van der Waals surface area (Å²) in [6.45, 7) is 8.54. The summed E-state index contributed by atoms with van der Waals surface area (Å²) >= 11 is 0. The molecule has 0 saturated carbocycles. The van der Waals surface area contributed by atoms with Crippen LogP contribution in [0.2, 0.25) is 0 Å². The summed E-state index contributed by atoms with van der Waals surface area (Å²) < 4.78 is 2.15. The minimum atomic E-state index is -0.0421. The van der Waals surface area contributed by atoms with E-state index in [1.807, 2.05) is 6.92 Å². The molecule has 2 atom stereocenters. The molecule has 7 nitrogen and oxygen atoms in total. The molecule has 0 aromatic carbocycles. The molecular weight excluding hydrogens is 302 g/mol. The molecule has 1 fully saturated rings. The maximum absolute atomic E-state index is 9.23. The average molecular weight is 329 g/mol. The van der Waals surface area contributed by atoms with Crippen LogP contribution in [0.5, 0.6) is 0 Å². The Labute approximate surface area is 144 Å². The molecule has 0 unspecified atom stereocenters. The summed E-state index contributed by atoms with van der Waals surface area (Å²) in [4.78, 5) is 4.69. The Morgan fingerprint density at radius 1 is 1.38 bits per heavy atom. The van der Waals surface area contributed by atoms with E-state index >= 15 is 0 Å². The van der Waals surface area contributed by atoms with Crippen LogP contribution < -0.4 is 0 Å². The van der Waals surface area contributed by atoms with Gasteiger partial charge in [0.15, 0.2) is 0 Å². The Morgan fingerprint density at radius 2 is 2.17 bits per heavy atom. The third-order valence-corrected chi connectivity index (χ3v) is 4.86. The van der Waals surface area contributed by atoms with Crippen molar-refractivity contribution in [2.75, 3.05) is 26.7 Å². The molecular formula is C17H27N7. The molecule has 1 aliphatic rings. The zero-order valence-corrected chi connectivity index (χ0v) is 14.9. The van der Waals surface area contributed by atoms with Crippen LogP contribution in [0.25, 0.3) is 0 Å². The number of likely N-dealkylation sites (tertiary alicyclic amines) is 1. The van der Waals surface area contributed by atoms with Gasteiger partial charge in [-0.3, -0.25) is 4.90 Å². The molecule has 24 heavy (non-hydrogen) atoms. The first kappa shape index (κ1) is 18.4. The van der Waals surface area contributed by atoms with Crippen molar-refractivity contribution in [3.63, 3.8) is 0 Å². The molecule has 0 spiro atoms. The number of aromatic nitrogens is 3. The number of rotatable bonds is 8. The van der Waals surface area contributed by atoms with Crippen molar-refractivity contribution in [1.82, 2.24) is 24.6 Å². The van der Waals surface area contributed by atoms with Crippen LogP contribution in [0.4, 0.5) is 0 Å². The minimum Gasteiger partial charge on any atom is -0.314 e. The highest BCUT2D eigenvalue weighted by Gasteiger charge is 2.28. The number of hydrogen-bond donors (Lipinski definition) is 0. The minimum absolute atomic E-state index is 0.0421. The highest BCUT2D eigenvalue weighted by Crippen LogP contribution is 2.19. The van der Waals surface area contributed by atoms with Crippen LogP contribution in [0.3, 0.4) is 0 Å². The first-order chi connectivity index (χ1) is 11.6. The highest BCUT2D eigenvalue weighted by molar-refractivity contribution is 4.96. The number of nitrogens with zero attached hydrogens (tertiary/aromatic N) is 7. The SMILES string of the molecule is CCn1c(C)nnc1CN(C)[C@H]1CCN(C[C@H](C#N)CCC#N)C1. The van der Waals surface area contributed by atoms with E-state index in [0.717, 1.165) is 50.8 Å². The van der Waals surface area contributed by atoms with Gasteiger partial charge in [-0.1, -0.05) is 0 Å². The van der Waals surface area contributed by atoms with Crippen molar-refractivity contribution in [3.05, 3.63) is 11.6 Å². The molecule has 1 aromatic heterocycles. The van der Waals surface area contributed by atoms with Crippen molar-refractivity contribution in [1.29, 1.82) is 10.5 Å². The van der Waals surface area contributed by atoms with Gasteiger partial charge in [-0.05, 0) is 40.3 Å². The third kappa shape index (κ3) is 4.53. The Morgan fingerprint density at radius 3 is 2.83 bits per heavy atom. The number of aryl methyl sites for hydroxylation is 1. The Kier molecular flexibility index (Phi) is 6.72. The largest absolute Gasteiger partial charge is 0.314 e. The van der Waals surface area contributed by atoms with E-state index in [4.69, 9.17) is 5.26 Å². The van der Waals surface area contributed by atoms with Gasteiger partial charge >= 0.3 is 0 Å². The Bertz CT molecular complexity index is 609. The predicted octanol–water partition coefficient (Wildman–Crippen LogP) is 1.56. The van der Waals surface area contributed by atoms with Crippen molar-refractivity contribution in [3.8, 4) is 12.1 Å². The van der Waals surface area contributed by atoms with Crippen molar-refractivity contribution in [2.45, 2.75) is 52.2 Å². The van der Waals surface area contributed by atoms with E-state index in [2.05, 4.69) is 50.7 Å². The Balaban J connectivity index is 1.86. The van der Waals surface area contributed by atoms with E-state index in [1.165, 1.54) is 0 Å². The molecule has 1 aromatic rings. The van der Waals surface area contributed by atoms with E-state index < -0.39 is 0 Å². The van der Waals surface area contributed by atoms with Crippen LogP contribution >= 0.6 is 0 Å². The number of nitriles is 2. The standard InChI is InChI=1S/C17H27N7/c1-4-24-14(2)20-21-17(24)13-22(3)16-7-9-23(12-16)11-15(10-19)6-5-8-18/h15-16H,4-7,9,11-13H2,1-3H3/t15-,16-/m0/s1. The van der Waals surface area contributed by atoms with Gasteiger partial charge in [0.1, 0.15) is 11.6 Å². The highest BCUT2D eigenvalue weighted by atomic mass is 15.3. The summed E-state index contributed by atoms with van der Waals surface area (Å²) in [6, 6.07) is 4.94. The van der Waals surface area contributed by atoms with Crippen molar-refractivity contribution >= 4 is 0 Å².